The quantitative estimate of drug-likeness (QED) is 0.0159. The van der Waals surface area contributed by atoms with Crippen LogP contribution in [0.5, 0.6) is 0 Å². The van der Waals surface area contributed by atoms with Gasteiger partial charge in [-0.25, -0.2) is 4.79 Å². The van der Waals surface area contributed by atoms with Gasteiger partial charge < -0.3 is 74.8 Å². The fraction of sp³-hybridized carbons (Fsp3) is 0.692. The highest BCUT2D eigenvalue weighted by molar-refractivity contribution is 5.95. The van der Waals surface area contributed by atoms with Crippen LogP contribution in [0.25, 0.3) is 0 Å². The average Bonchev–Trinajstić information content (AvgIpc) is 3.26. The van der Waals surface area contributed by atoms with Crippen molar-refractivity contribution in [1.29, 1.82) is 0 Å². The van der Waals surface area contributed by atoms with Crippen LogP contribution in [0.3, 0.4) is 0 Å². The topological polar surface area (TPSA) is 470 Å². The molecule has 67 heavy (non-hydrogen) atoms. The van der Waals surface area contributed by atoms with Gasteiger partial charge in [-0.3, -0.25) is 64.4 Å². The molecule has 0 spiro atoms. The molecule has 0 unspecified atom stereocenters. The normalized spacial score (nSPS) is 12.9. The van der Waals surface area contributed by atoms with Crippen molar-refractivity contribution in [1.82, 2.24) is 53.2 Å². The predicted molar refractivity (Wildman–Crippen MR) is 236 cm³/mol. The van der Waals surface area contributed by atoms with Gasteiger partial charge >= 0.3 is 11.9 Å². The van der Waals surface area contributed by atoms with Gasteiger partial charge in [-0.15, -0.1) is 0 Å². The Morgan fingerprint density at radius 1 is 0.552 bits per heavy atom. The smallest absolute Gasteiger partial charge is 0.338 e. The van der Waals surface area contributed by atoms with Crippen LogP contribution in [-0.2, 0) is 52.7 Å². The van der Waals surface area contributed by atoms with Gasteiger partial charge in [-0.1, -0.05) is 13.8 Å². The number of carbonyl (C=O) groups excluding carboxylic acids is 10. The minimum absolute atomic E-state index is 0.0277. The number of carboxylic acids is 1. The van der Waals surface area contributed by atoms with Gasteiger partial charge in [0.25, 0.3) is 5.91 Å². The maximum absolute atomic E-state index is 13.3. The highest BCUT2D eigenvalue weighted by atomic mass is 16.4. The standard InChI is InChI=1S/C39H71N15O13/c1-22(2)15-28(38(66)67)54-33(61)20-50-36(64)25(9-4-6-12-40)51-30(58)17-46-29(57)16-48-35(63)26(10-5-7-13-44-23(3)56)52-32(60)19-49-37(65)27(11-8-14-45-39(42)43)53-31(59)18-47-34(62)24(41)21-55/h22,24-28,55H,4-21,40-41H2,1-3H3,(H,44,56)(H,46,57)(H,47,62)(H,48,63)(H,49,65)(H,50,64)(H,51,58)(H,52,60)(H,53,59)(H,54,61)(H,66,67)(H4,42,43,45)/p+3/t24-,25-,26-,27-,28-/m0/s1. The van der Waals surface area contributed by atoms with E-state index in [2.05, 4.69) is 69.6 Å². The summed E-state index contributed by atoms with van der Waals surface area (Å²) < 4.78 is 0. The average molecular weight is 961 g/mol. The molecule has 380 valence electrons. The SMILES string of the molecule is CC(=O)NCCCC[C@H](NC(=O)CNC(=O)[C@H](CCC[NH+]=C(N)N)NC(=O)CNC(=O)[C@@H]([NH3+])CO)C(=O)NCC(=O)NCC(=O)N[C@@H](CCCC[NH3+])C(=O)NCC(=O)N[C@@H](CC(C)C)C(=O)O. The maximum atomic E-state index is 13.3. The van der Waals surface area contributed by atoms with E-state index in [-0.39, 0.29) is 63.0 Å². The van der Waals surface area contributed by atoms with E-state index in [4.69, 9.17) is 16.6 Å². The third kappa shape index (κ3) is 30.2. The van der Waals surface area contributed by atoms with Crippen LogP contribution in [-0.4, -0.2) is 170 Å². The molecule has 23 N–H and O–H groups in total. The number of quaternary nitrogens is 2. The van der Waals surface area contributed by atoms with Crippen molar-refractivity contribution in [2.45, 2.75) is 109 Å². The molecule has 0 aliphatic rings. The molecule has 0 rings (SSSR count). The second kappa shape index (κ2) is 34.6. The Hall–Kier alpha value is -6.68. The second-order valence-electron chi connectivity index (χ2n) is 15.8. The molecule has 0 aromatic rings. The zero-order valence-electron chi connectivity index (χ0n) is 38.6. The van der Waals surface area contributed by atoms with E-state index < -0.39 is 129 Å². The number of aliphatic hydroxyl groups is 1. The Bertz CT molecular complexity index is 1700. The first kappa shape index (κ1) is 60.3. The number of nitrogens with one attached hydrogen (secondary N) is 11. The first-order valence-electron chi connectivity index (χ1n) is 22.0. The lowest BCUT2D eigenvalue weighted by Crippen LogP contribution is -2.78. The Morgan fingerprint density at radius 3 is 1.36 bits per heavy atom. The van der Waals surface area contributed by atoms with Crippen LogP contribution in [0.4, 0.5) is 0 Å². The Morgan fingerprint density at radius 2 is 0.955 bits per heavy atom. The van der Waals surface area contributed by atoms with Crippen LogP contribution < -0.4 is 81.1 Å². The Balaban J connectivity index is 5.53. The van der Waals surface area contributed by atoms with Crippen LogP contribution >= 0.6 is 0 Å². The fourth-order valence-electron chi connectivity index (χ4n) is 5.79. The zero-order chi connectivity index (χ0) is 50.9. The first-order valence-corrected chi connectivity index (χ1v) is 22.0. The Kier molecular flexibility index (Phi) is 31.2. The molecule has 0 aromatic heterocycles. The van der Waals surface area contributed by atoms with Gasteiger partial charge in [0.1, 0.15) is 30.8 Å². The van der Waals surface area contributed by atoms with Crippen molar-refractivity contribution in [2.24, 2.45) is 17.4 Å². The van der Waals surface area contributed by atoms with E-state index >= 15 is 0 Å². The molecule has 0 aliphatic heterocycles. The Labute approximate surface area is 388 Å². The van der Waals surface area contributed by atoms with E-state index in [0.717, 1.165) is 0 Å². The minimum Gasteiger partial charge on any atom is -0.480 e. The lowest BCUT2D eigenvalue weighted by molar-refractivity contribution is -0.459. The molecule has 5 atom stereocenters. The molecule has 10 amide bonds. The molecular weight excluding hydrogens is 887 g/mol. The van der Waals surface area contributed by atoms with E-state index in [0.29, 0.717) is 32.2 Å². The number of aliphatic carboxylic acids is 1. The summed E-state index contributed by atoms with van der Waals surface area (Å²) in [7, 11) is 0. The summed E-state index contributed by atoms with van der Waals surface area (Å²) in [5.41, 5.74) is 18.0. The van der Waals surface area contributed by atoms with Crippen molar-refractivity contribution in [3.63, 3.8) is 0 Å². The highest BCUT2D eigenvalue weighted by Crippen LogP contribution is 2.06. The largest absolute Gasteiger partial charge is 0.480 e. The third-order valence-corrected chi connectivity index (χ3v) is 9.31. The zero-order valence-corrected chi connectivity index (χ0v) is 38.6. The van der Waals surface area contributed by atoms with Gasteiger partial charge in [0, 0.05) is 13.5 Å². The van der Waals surface area contributed by atoms with Crippen LogP contribution in [0.1, 0.15) is 78.6 Å². The van der Waals surface area contributed by atoms with Gasteiger partial charge in [0.15, 0.2) is 6.04 Å². The number of rotatable bonds is 35. The predicted octanol–water partition coefficient (Wildman–Crippen LogP) is -10.9. The van der Waals surface area contributed by atoms with Gasteiger partial charge in [-0.2, -0.15) is 0 Å². The summed E-state index contributed by atoms with van der Waals surface area (Å²) in [5.74, 6) is -8.53. The van der Waals surface area contributed by atoms with Crippen molar-refractivity contribution in [3.05, 3.63) is 0 Å². The summed E-state index contributed by atoms with van der Waals surface area (Å²) in [6.07, 6.45) is 2.51. The second-order valence-corrected chi connectivity index (χ2v) is 15.8. The number of hydrogen-bond acceptors (Lipinski definition) is 12. The van der Waals surface area contributed by atoms with Crippen molar-refractivity contribution < 1.29 is 79.4 Å². The molecule has 28 heteroatoms. The molecule has 0 saturated heterocycles. The number of amides is 10. The van der Waals surface area contributed by atoms with E-state index in [1.807, 2.05) is 0 Å². The lowest BCUT2D eigenvalue weighted by Gasteiger charge is -2.21. The molecule has 0 fully saturated rings. The molecular formula is C39H74N15O13+3. The molecule has 0 heterocycles. The first-order chi connectivity index (χ1) is 31.6. The molecule has 0 radical (unpaired) electrons. The van der Waals surface area contributed by atoms with E-state index in [9.17, 15) is 57.8 Å². The minimum atomic E-state index is -1.23. The van der Waals surface area contributed by atoms with Crippen LogP contribution in [0.15, 0.2) is 0 Å². The third-order valence-electron chi connectivity index (χ3n) is 9.31. The van der Waals surface area contributed by atoms with E-state index in [1.54, 1.807) is 13.8 Å². The van der Waals surface area contributed by atoms with E-state index in [1.165, 1.54) is 6.92 Å². The van der Waals surface area contributed by atoms with Gasteiger partial charge in [0.2, 0.25) is 53.2 Å². The molecule has 28 nitrogen and oxygen atoms in total. The number of unbranched alkanes of at least 4 members (excludes halogenated alkanes) is 2. The fourth-order valence-corrected chi connectivity index (χ4v) is 5.79. The number of carbonyl (C=O) groups is 11. The number of nitrogens with two attached hydrogens (primary N) is 2. The molecule has 0 aliphatic carbocycles. The van der Waals surface area contributed by atoms with Crippen LogP contribution in [0.2, 0.25) is 0 Å². The number of guanidine groups is 1. The van der Waals surface area contributed by atoms with Gasteiger partial charge in [-0.05, 0) is 63.7 Å². The number of carboxylic acid groups (broad SMARTS) is 1. The highest BCUT2D eigenvalue weighted by Gasteiger charge is 2.27. The maximum Gasteiger partial charge on any atom is 0.338 e. The van der Waals surface area contributed by atoms with Crippen molar-refractivity contribution >= 4 is 71.0 Å². The molecule has 0 aromatic carbocycles. The summed E-state index contributed by atoms with van der Waals surface area (Å²) >= 11 is 0. The summed E-state index contributed by atoms with van der Waals surface area (Å²) in [6.45, 7) is 2.40. The van der Waals surface area contributed by atoms with Crippen molar-refractivity contribution in [3.8, 4) is 0 Å². The summed E-state index contributed by atoms with van der Waals surface area (Å²) in [5, 5.41) is 42.6. The van der Waals surface area contributed by atoms with Crippen molar-refractivity contribution in [2.75, 3.05) is 59.0 Å². The number of aliphatic hydroxyl groups excluding tert-OH is 1. The van der Waals surface area contributed by atoms with Crippen LogP contribution in [0, 0.1) is 5.92 Å². The summed E-state index contributed by atoms with van der Waals surface area (Å²) in [4.78, 5) is 140. The van der Waals surface area contributed by atoms with Gasteiger partial charge in [0.05, 0.1) is 45.8 Å². The molecule has 0 bridgehead atoms. The number of hydrogen-bond donors (Lipinski definition) is 17. The lowest BCUT2D eigenvalue weighted by atomic mass is 10.0. The summed E-state index contributed by atoms with van der Waals surface area (Å²) in [6, 6.07) is -5.73. The monoisotopic (exact) mass is 961 g/mol. The molecule has 0 saturated carbocycles.